The van der Waals surface area contributed by atoms with Crippen LogP contribution in [0.2, 0.25) is 0 Å². The van der Waals surface area contributed by atoms with Crippen molar-refractivity contribution in [1.82, 2.24) is 4.98 Å². The minimum atomic E-state index is -2.96. The zero-order chi connectivity index (χ0) is 13.0. The van der Waals surface area contributed by atoms with Crippen LogP contribution in [0.4, 0.5) is 14.6 Å². The van der Waals surface area contributed by atoms with Crippen LogP contribution in [0, 0.1) is 10.1 Å². The number of hydrogen-bond donors (Lipinski definition) is 0. The van der Waals surface area contributed by atoms with Gasteiger partial charge < -0.3 is 14.9 Å². The third kappa shape index (κ3) is 2.92. The summed E-state index contributed by atoms with van der Waals surface area (Å²) in [5.41, 5.74) is -1.41. The van der Waals surface area contributed by atoms with Crippen molar-refractivity contribution in [3.05, 3.63) is 33.5 Å². The molecule has 0 fully saturated rings. The Labute approximate surface area is 94.4 Å². The highest BCUT2D eigenvalue weighted by molar-refractivity contribution is 5.89. The lowest BCUT2D eigenvalue weighted by Gasteiger charge is -2.03. The molecule has 0 amide bonds. The van der Waals surface area contributed by atoms with Crippen LogP contribution in [0.1, 0.15) is 29.4 Å². The highest BCUT2D eigenvalue weighted by Gasteiger charge is 2.27. The van der Waals surface area contributed by atoms with Crippen molar-refractivity contribution in [1.29, 1.82) is 0 Å². The van der Waals surface area contributed by atoms with Gasteiger partial charge in [0.05, 0.1) is 12.2 Å². The predicted octanol–water partition coefficient (Wildman–Crippen LogP) is 2.10. The van der Waals surface area contributed by atoms with Crippen LogP contribution in [0.15, 0.2) is 12.1 Å². The summed E-state index contributed by atoms with van der Waals surface area (Å²) in [6.45, 7) is 1.45. The summed E-state index contributed by atoms with van der Waals surface area (Å²) in [6.07, 6.45) is -2.96. The Hall–Kier alpha value is -2.12. The normalized spacial score (nSPS) is 10.4. The first-order chi connectivity index (χ1) is 7.97. The minimum Gasteiger partial charge on any atom is -0.460 e. The molecule has 0 saturated carbocycles. The Morgan fingerprint density at radius 3 is 2.71 bits per heavy atom. The number of rotatable bonds is 4. The molecule has 0 aliphatic carbocycles. The zero-order valence-corrected chi connectivity index (χ0v) is 8.72. The molecule has 92 valence electrons. The summed E-state index contributed by atoms with van der Waals surface area (Å²) in [7, 11) is 0. The Morgan fingerprint density at radius 1 is 1.59 bits per heavy atom. The molecule has 0 atom stereocenters. The van der Waals surface area contributed by atoms with Gasteiger partial charge in [0.2, 0.25) is 0 Å². The second-order valence-electron chi connectivity index (χ2n) is 2.89. The van der Waals surface area contributed by atoms with E-state index in [1.165, 1.54) is 6.92 Å². The first kappa shape index (κ1) is 12.9. The number of hydrogen-bond acceptors (Lipinski definition) is 5. The van der Waals surface area contributed by atoms with Crippen molar-refractivity contribution in [2.24, 2.45) is 0 Å². The molecule has 0 aliphatic heterocycles. The number of ether oxygens (including phenoxy) is 1. The van der Waals surface area contributed by atoms with Crippen LogP contribution in [0.25, 0.3) is 0 Å². The van der Waals surface area contributed by atoms with Crippen LogP contribution in [-0.2, 0) is 4.74 Å². The summed E-state index contributed by atoms with van der Waals surface area (Å²) < 4.78 is 29.6. The van der Waals surface area contributed by atoms with E-state index in [-0.39, 0.29) is 6.61 Å². The van der Waals surface area contributed by atoms with Gasteiger partial charge in [-0.05, 0) is 22.9 Å². The van der Waals surface area contributed by atoms with Crippen molar-refractivity contribution in [3.63, 3.8) is 0 Å². The molecule has 6 nitrogen and oxygen atoms in total. The second kappa shape index (κ2) is 5.28. The summed E-state index contributed by atoms with van der Waals surface area (Å²) in [4.78, 5) is 24.1. The number of aromatic nitrogens is 1. The first-order valence-electron chi connectivity index (χ1n) is 4.58. The van der Waals surface area contributed by atoms with Crippen molar-refractivity contribution in [2.75, 3.05) is 6.61 Å². The van der Waals surface area contributed by atoms with Crippen LogP contribution < -0.4 is 0 Å². The number of nitrogens with zero attached hydrogens (tertiary/aromatic N) is 2. The average Bonchev–Trinajstić information content (AvgIpc) is 2.28. The van der Waals surface area contributed by atoms with Crippen molar-refractivity contribution in [3.8, 4) is 0 Å². The van der Waals surface area contributed by atoms with Crippen LogP contribution in [-0.4, -0.2) is 22.5 Å². The molecule has 1 aromatic rings. The van der Waals surface area contributed by atoms with Crippen molar-refractivity contribution >= 4 is 11.8 Å². The Morgan fingerprint density at radius 2 is 2.24 bits per heavy atom. The first-order valence-corrected chi connectivity index (χ1v) is 4.58. The smallest absolute Gasteiger partial charge is 0.383 e. The summed E-state index contributed by atoms with van der Waals surface area (Å²) in [5, 5.41) is 10.4. The summed E-state index contributed by atoms with van der Waals surface area (Å²) in [6, 6.07) is 1.60. The van der Waals surface area contributed by atoms with Gasteiger partial charge in [-0.3, -0.25) is 0 Å². The van der Waals surface area contributed by atoms with Gasteiger partial charge in [0.25, 0.3) is 12.1 Å². The maximum Gasteiger partial charge on any atom is 0.383 e. The van der Waals surface area contributed by atoms with Crippen molar-refractivity contribution < 1.29 is 23.2 Å². The van der Waals surface area contributed by atoms with Crippen LogP contribution in [0.3, 0.4) is 0 Å². The van der Waals surface area contributed by atoms with E-state index in [9.17, 15) is 23.7 Å². The van der Waals surface area contributed by atoms with Gasteiger partial charge in [-0.15, -0.1) is 0 Å². The molecular weight excluding hydrogens is 238 g/mol. The van der Waals surface area contributed by atoms with E-state index in [1.807, 2.05) is 0 Å². The highest BCUT2D eigenvalue weighted by Crippen LogP contribution is 2.24. The quantitative estimate of drug-likeness (QED) is 0.461. The number of carbonyl (C=O) groups is 1. The van der Waals surface area contributed by atoms with Crippen LogP contribution in [0.5, 0.6) is 0 Å². The van der Waals surface area contributed by atoms with Crippen LogP contribution >= 0.6 is 0 Å². The molecule has 0 bridgehead atoms. The highest BCUT2D eigenvalue weighted by atomic mass is 19.3. The van der Waals surface area contributed by atoms with E-state index in [0.29, 0.717) is 0 Å². The third-order valence-corrected chi connectivity index (χ3v) is 1.80. The lowest BCUT2D eigenvalue weighted by Crippen LogP contribution is -2.12. The fraction of sp³-hybridized carbons (Fsp3) is 0.333. The van der Waals surface area contributed by atoms with E-state index < -0.39 is 34.4 Å². The number of alkyl halides is 2. The number of esters is 1. The van der Waals surface area contributed by atoms with Gasteiger partial charge in [-0.2, -0.15) is 0 Å². The lowest BCUT2D eigenvalue weighted by molar-refractivity contribution is -0.389. The molecule has 0 spiro atoms. The second-order valence-corrected chi connectivity index (χ2v) is 2.89. The van der Waals surface area contributed by atoms with Gasteiger partial charge in [0.1, 0.15) is 0 Å². The number of nitro groups is 1. The lowest BCUT2D eigenvalue weighted by atomic mass is 10.2. The van der Waals surface area contributed by atoms with Gasteiger partial charge in [-0.1, -0.05) is 0 Å². The Balaban J connectivity index is 3.25. The molecule has 0 saturated heterocycles. The molecule has 0 aliphatic rings. The van der Waals surface area contributed by atoms with E-state index in [2.05, 4.69) is 9.72 Å². The summed E-state index contributed by atoms with van der Waals surface area (Å²) in [5.74, 6) is -1.79. The molecule has 1 heterocycles. The largest absolute Gasteiger partial charge is 0.460 e. The monoisotopic (exact) mass is 246 g/mol. The minimum absolute atomic E-state index is 0.0358. The molecule has 1 aromatic heterocycles. The number of carbonyl (C=O) groups excluding carboxylic acids is 1. The fourth-order valence-corrected chi connectivity index (χ4v) is 1.10. The molecule has 0 aromatic carbocycles. The van der Waals surface area contributed by atoms with Gasteiger partial charge in [-0.25, -0.2) is 13.6 Å². The van der Waals surface area contributed by atoms with E-state index in [1.54, 1.807) is 0 Å². The SMILES string of the molecule is CCOC(=O)c1nc([N+](=O)[O-])ccc1C(F)F. The van der Waals surface area contributed by atoms with Crippen molar-refractivity contribution in [2.45, 2.75) is 13.3 Å². The number of pyridine rings is 1. The molecule has 17 heavy (non-hydrogen) atoms. The Kier molecular flexibility index (Phi) is 4.02. The maximum absolute atomic E-state index is 12.5. The average molecular weight is 246 g/mol. The molecule has 0 radical (unpaired) electrons. The number of halogens is 2. The Bertz CT molecular complexity index is 451. The van der Waals surface area contributed by atoms with E-state index in [0.717, 1.165) is 12.1 Å². The molecule has 1 rings (SSSR count). The molecule has 0 N–H and O–H groups in total. The molecule has 0 unspecified atom stereocenters. The topological polar surface area (TPSA) is 82.3 Å². The standard InChI is InChI=1S/C9H8F2N2O4/c1-2-17-9(14)7-5(8(10)11)3-4-6(12-7)13(15)16/h3-4,8H,2H2,1H3. The van der Waals surface area contributed by atoms with Gasteiger partial charge in [0, 0.05) is 6.07 Å². The molecular formula is C9H8F2N2O4. The van der Waals surface area contributed by atoms with E-state index >= 15 is 0 Å². The van der Waals surface area contributed by atoms with E-state index in [4.69, 9.17) is 0 Å². The molecule has 8 heteroatoms. The fourth-order valence-electron chi connectivity index (χ4n) is 1.10. The third-order valence-electron chi connectivity index (χ3n) is 1.80. The maximum atomic E-state index is 12.5. The zero-order valence-electron chi connectivity index (χ0n) is 8.72. The predicted molar refractivity (Wildman–Crippen MR) is 51.8 cm³/mol. The van der Waals surface area contributed by atoms with Gasteiger partial charge >= 0.3 is 11.8 Å². The van der Waals surface area contributed by atoms with Gasteiger partial charge in [0.15, 0.2) is 0 Å². The summed E-state index contributed by atoms with van der Waals surface area (Å²) >= 11 is 0.